The Morgan fingerprint density at radius 1 is 0.854 bits per heavy atom. The fraction of sp³-hybridized carbons (Fsp3) is 0.148. The molecule has 41 heavy (non-hydrogen) atoms. The van der Waals surface area contributed by atoms with E-state index >= 15 is 0 Å². The molecule has 1 heterocycles. The second kappa shape index (κ2) is 11.9. The average Bonchev–Trinajstić information content (AvgIpc) is 3.38. The van der Waals surface area contributed by atoms with Crippen molar-refractivity contribution in [1.29, 1.82) is 0 Å². The molecule has 14 heteroatoms. The third-order valence-electron chi connectivity index (χ3n) is 5.74. The van der Waals surface area contributed by atoms with Crippen LogP contribution in [0, 0.1) is 20.2 Å². The predicted octanol–water partition coefficient (Wildman–Crippen LogP) is 5.12. The minimum Gasteiger partial charge on any atom is -0.490 e. The fourth-order valence-electron chi connectivity index (χ4n) is 3.93. The van der Waals surface area contributed by atoms with Gasteiger partial charge in [-0.25, -0.2) is 14.3 Å². The van der Waals surface area contributed by atoms with Crippen LogP contribution in [0.15, 0.2) is 66.7 Å². The van der Waals surface area contributed by atoms with E-state index in [9.17, 15) is 29.8 Å². The Kier molecular flexibility index (Phi) is 8.22. The maximum atomic E-state index is 12.9. The van der Waals surface area contributed by atoms with Crippen LogP contribution in [0.5, 0.6) is 17.2 Å². The van der Waals surface area contributed by atoms with Gasteiger partial charge in [-0.2, -0.15) is 5.10 Å². The number of methoxy groups -OCH3 is 2. The molecule has 0 saturated carbocycles. The molecule has 3 aromatic carbocycles. The van der Waals surface area contributed by atoms with Crippen LogP contribution in [-0.2, 0) is 9.47 Å². The van der Waals surface area contributed by atoms with Crippen LogP contribution in [0.25, 0.3) is 16.9 Å². The average molecular weight is 562 g/mol. The van der Waals surface area contributed by atoms with Crippen molar-refractivity contribution in [3.05, 3.63) is 98.2 Å². The van der Waals surface area contributed by atoms with E-state index in [2.05, 4.69) is 5.10 Å². The number of carbonyl (C=O) groups excluding carboxylic acids is 2. The summed E-state index contributed by atoms with van der Waals surface area (Å²) in [5.74, 6) is -1.78. The Bertz CT molecular complexity index is 1650. The van der Waals surface area contributed by atoms with E-state index in [-0.39, 0.29) is 40.8 Å². The number of para-hydroxylation sites is 1. The SMILES string of the molecule is CCOc1cc(-c2nn(-c3ccccc3)c(C(=O)OC)c2C(=O)OC)ccc1Oc1ccc([N+](=O)[O-])cc1[N+](=O)[O-]. The van der Waals surface area contributed by atoms with Crippen LogP contribution in [0.2, 0.25) is 0 Å². The largest absolute Gasteiger partial charge is 0.490 e. The van der Waals surface area contributed by atoms with Gasteiger partial charge < -0.3 is 18.9 Å². The lowest BCUT2D eigenvalue weighted by molar-refractivity contribution is -0.394. The normalized spacial score (nSPS) is 10.5. The number of hydrogen-bond donors (Lipinski definition) is 0. The zero-order valence-corrected chi connectivity index (χ0v) is 21.9. The molecule has 0 aliphatic carbocycles. The summed E-state index contributed by atoms with van der Waals surface area (Å²) in [5.41, 5.74) is -0.571. The predicted molar refractivity (Wildman–Crippen MR) is 143 cm³/mol. The summed E-state index contributed by atoms with van der Waals surface area (Å²) in [7, 11) is 2.33. The van der Waals surface area contributed by atoms with E-state index in [1.54, 1.807) is 37.3 Å². The third kappa shape index (κ3) is 5.66. The molecule has 210 valence electrons. The monoisotopic (exact) mass is 562 g/mol. The molecule has 0 radical (unpaired) electrons. The Labute approximate surface area is 231 Å². The number of benzene rings is 3. The highest BCUT2D eigenvalue weighted by molar-refractivity contribution is 6.07. The lowest BCUT2D eigenvalue weighted by atomic mass is 10.0. The standard InChI is InChI=1S/C27H22N4O10/c1-4-40-22-14-16(10-12-21(22)41-20-13-11-18(30(34)35)15-19(20)31(36)37)24-23(26(32)38-2)25(27(33)39-3)29(28-24)17-8-6-5-7-9-17/h5-15H,4H2,1-3H3. The molecule has 0 bridgehead atoms. The molecule has 0 atom stereocenters. The van der Waals surface area contributed by atoms with Crippen molar-refractivity contribution >= 4 is 23.3 Å². The number of nitrogens with zero attached hydrogens (tertiary/aromatic N) is 4. The Morgan fingerprint density at radius 3 is 2.15 bits per heavy atom. The van der Waals surface area contributed by atoms with Gasteiger partial charge in [-0.15, -0.1) is 0 Å². The van der Waals surface area contributed by atoms with Crippen molar-refractivity contribution in [2.75, 3.05) is 20.8 Å². The first-order chi connectivity index (χ1) is 19.7. The second-order valence-electron chi connectivity index (χ2n) is 8.17. The van der Waals surface area contributed by atoms with Gasteiger partial charge in [0.05, 0.1) is 42.4 Å². The van der Waals surface area contributed by atoms with Crippen molar-refractivity contribution in [2.45, 2.75) is 6.92 Å². The zero-order valence-electron chi connectivity index (χ0n) is 21.9. The summed E-state index contributed by atoms with van der Waals surface area (Å²) in [4.78, 5) is 46.9. The molecule has 1 aromatic heterocycles. The maximum Gasteiger partial charge on any atom is 0.357 e. The van der Waals surface area contributed by atoms with Crippen molar-refractivity contribution in [3.8, 4) is 34.2 Å². The molecule has 4 aromatic rings. The first-order valence-corrected chi connectivity index (χ1v) is 11.9. The maximum absolute atomic E-state index is 12.9. The number of aromatic nitrogens is 2. The number of ether oxygens (including phenoxy) is 4. The van der Waals surface area contributed by atoms with Gasteiger partial charge >= 0.3 is 17.6 Å². The van der Waals surface area contributed by atoms with Gasteiger partial charge in [-0.05, 0) is 43.3 Å². The summed E-state index contributed by atoms with van der Waals surface area (Å²) < 4.78 is 22.6. The highest BCUT2D eigenvalue weighted by Gasteiger charge is 2.32. The van der Waals surface area contributed by atoms with E-state index in [0.717, 1.165) is 25.3 Å². The Morgan fingerprint density at radius 2 is 1.54 bits per heavy atom. The molecular weight excluding hydrogens is 540 g/mol. The lowest BCUT2D eigenvalue weighted by Gasteiger charge is -2.13. The number of hydrogen-bond acceptors (Lipinski definition) is 11. The number of esters is 2. The van der Waals surface area contributed by atoms with Crippen LogP contribution in [0.1, 0.15) is 27.8 Å². The van der Waals surface area contributed by atoms with Gasteiger partial charge in [-0.1, -0.05) is 18.2 Å². The summed E-state index contributed by atoms with van der Waals surface area (Å²) in [6.07, 6.45) is 0. The molecule has 0 spiro atoms. The molecule has 0 unspecified atom stereocenters. The van der Waals surface area contributed by atoms with Crippen LogP contribution in [-0.4, -0.2) is 52.4 Å². The quantitative estimate of drug-likeness (QED) is 0.142. The van der Waals surface area contributed by atoms with Gasteiger partial charge in [0.1, 0.15) is 11.3 Å². The van der Waals surface area contributed by atoms with Gasteiger partial charge in [0.2, 0.25) is 5.75 Å². The van der Waals surface area contributed by atoms with Gasteiger partial charge in [-0.3, -0.25) is 20.2 Å². The summed E-state index contributed by atoms with van der Waals surface area (Å²) in [6.45, 7) is 1.86. The van der Waals surface area contributed by atoms with Crippen molar-refractivity contribution in [1.82, 2.24) is 9.78 Å². The number of nitro groups is 2. The molecule has 0 aliphatic rings. The van der Waals surface area contributed by atoms with Gasteiger partial charge in [0.25, 0.3) is 5.69 Å². The van der Waals surface area contributed by atoms with Crippen molar-refractivity contribution in [3.63, 3.8) is 0 Å². The van der Waals surface area contributed by atoms with Crippen LogP contribution < -0.4 is 9.47 Å². The molecule has 0 N–H and O–H groups in total. The smallest absolute Gasteiger partial charge is 0.357 e. The fourth-order valence-corrected chi connectivity index (χ4v) is 3.93. The van der Waals surface area contributed by atoms with Gasteiger partial charge in [0.15, 0.2) is 17.2 Å². The molecule has 14 nitrogen and oxygen atoms in total. The highest BCUT2D eigenvalue weighted by atomic mass is 16.6. The third-order valence-corrected chi connectivity index (χ3v) is 5.74. The molecule has 0 fully saturated rings. The Hall–Kier alpha value is -5.79. The molecule has 4 rings (SSSR count). The first-order valence-electron chi connectivity index (χ1n) is 11.9. The van der Waals surface area contributed by atoms with Gasteiger partial charge in [0, 0.05) is 11.6 Å². The Balaban J connectivity index is 1.88. The topological polar surface area (TPSA) is 175 Å². The minimum absolute atomic E-state index is 0.0443. The van der Waals surface area contributed by atoms with Crippen LogP contribution in [0.3, 0.4) is 0 Å². The number of non-ortho nitro benzene ring substituents is 1. The van der Waals surface area contributed by atoms with E-state index in [1.165, 1.54) is 30.0 Å². The van der Waals surface area contributed by atoms with Crippen molar-refractivity contribution < 1.29 is 38.4 Å². The molecule has 0 saturated heterocycles. The minimum atomic E-state index is -0.845. The number of rotatable bonds is 10. The zero-order chi connectivity index (χ0) is 29.7. The highest BCUT2D eigenvalue weighted by Crippen LogP contribution is 2.41. The summed E-state index contributed by atoms with van der Waals surface area (Å²) >= 11 is 0. The molecule has 0 amide bonds. The van der Waals surface area contributed by atoms with E-state index in [4.69, 9.17) is 18.9 Å². The lowest BCUT2D eigenvalue weighted by Crippen LogP contribution is -2.15. The summed E-state index contributed by atoms with van der Waals surface area (Å²) in [5, 5.41) is 27.2. The number of carbonyl (C=O) groups is 2. The van der Waals surface area contributed by atoms with Crippen LogP contribution in [0.4, 0.5) is 11.4 Å². The molecular formula is C27H22N4O10. The number of nitro benzene ring substituents is 2. The van der Waals surface area contributed by atoms with E-state index < -0.39 is 33.2 Å². The second-order valence-corrected chi connectivity index (χ2v) is 8.17. The summed E-state index contributed by atoms with van der Waals surface area (Å²) in [6, 6.07) is 16.0. The van der Waals surface area contributed by atoms with E-state index in [0.29, 0.717) is 11.3 Å². The first kappa shape index (κ1) is 28.2. The molecule has 0 aliphatic heterocycles. The van der Waals surface area contributed by atoms with Crippen molar-refractivity contribution in [2.24, 2.45) is 0 Å². The van der Waals surface area contributed by atoms with Crippen LogP contribution >= 0.6 is 0 Å². The van der Waals surface area contributed by atoms with E-state index in [1.807, 2.05) is 0 Å².